The molecule has 0 aromatic carbocycles. The van der Waals surface area contributed by atoms with Crippen LogP contribution in [0.15, 0.2) is 0 Å². The van der Waals surface area contributed by atoms with Gasteiger partial charge in [-0.05, 0) is 0 Å². The van der Waals surface area contributed by atoms with Gasteiger partial charge in [-0.25, -0.2) is 8.42 Å². The van der Waals surface area contributed by atoms with Gasteiger partial charge in [-0.3, -0.25) is 4.55 Å². The molecule has 0 aliphatic carbocycles. The van der Waals surface area contributed by atoms with Gasteiger partial charge in [-0.1, -0.05) is 28.7 Å². The van der Waals surface area contributed by atoms with E-state index in [-0.39, 0.29) is 33.4 Å². The van der Waals surface area contributed by atoms with Crippen molar-refractivity contribution >= 4 is 29.9 Å². The van der Waals surface area contributed by atoms with Crippen LogP contribution in [0.1, 0.15) is 32.8 Å². The molecule has 0 bridgehead atoms. The largest absolute Gasteiger partial charge is 0.286 e. The Kier molecular flexibility index (Phi) is 24.1. The van der Waals surface area contributed by atoms with Gasteiger partial charge in [0, 0.05) is 33.4 Å². The zero-order valence-electron chi connectivity index (χ0n) is 9.84. The fourth-order valence-corrected chi connectivity index (χ4v) is 0. The van der Waals surface area contributed by atoms with Gasteiger partial charge in [-0.2, -0.15) is 8.42 Å². The molecule has 9 heteroatoms. The van der Waals surface area contributed by atoms with E-state index in [1.165, 1.54) is 0 Å². The summed E-state index contributed by atoms with van der Waals surface area (Å²) in [5.74, 6) is 0. The number of hydrogen-bond acceptors (Lipinski definition) is 4. The Morgan fingerprint density at radius 3 is 1.27 bits per heavy atom. The van der Waals surface area contributed by atoms with E-state index in [2.05, 4.69) is 10.7 Å². The minimum atomic E-state index is -4.00. The van der Waals surface area contributed by atoms with Gasteiger partial charge in [0.15, 0.2) is 0 Å². The standard InChI is InChI=1S/C2H6.CH3ClO2S.CH4O3S.2CH4.V/c1-2;2*1-5(2,3)4;;;/h1-2H3;1H3;1H3,(H,2,3,4);2*1H4;/i3*1D;;;. The Bertz CT molecular complexity index is 290. The molecule has 0 saturated heterocycles. The average molecular weight is 327 g/mol. The van der Waals surface area contributed by atoms with Crippen molar-refractivity contribution in [2.45, 2.75) is 28.7 Å². The van der Waals surface area contributed by atoms with Gasteiger partial charge in [-0.15, -0.1) is 0 Å². The molecular weight excluding hydrogens is 303 g/mol. The van der Waals surface area contributed by atoms with Gasteiger partial charge in [0.05, 0.1) is 12.5 Å². The van der Waals surface area contributed by atoms with E-state index in [4.69, 9.17) is 8.67 Å². The maximum absolute atomic E-state index is 9.58. The molecule has 1 radical (unpaired) electrons. The van der Waals surface area contributed by atoms with Crippen LogP contribution >= 0.6 is 10.7 Å². The van der Waals surface area contributed by atoms with Crippen molar-refractivity contribution in [1.29, 1.82) is 0 Å². The first-order valence-electron chi connectivity index (χ1n) is 4.41. The topological polar surface area (TPSA) is 88.5 Å². The molecule has 0 aliphatic rings. The van der Waals surface area contributed by atoms with E-state index < -0.39 is 31.6 Å². The van der Waals surface area contributed by atoms with E-state index in [0.29, 0.717) is 6.90 Å². The number of halogens is 1. The molecule has 0 saturated carbocycles. The van der Waals surface area contributed by atoms with Crippen molar-refractivity contribution < 1.29 is 44.1 Å². The Balaban J connectivity index is -0.0000000290. The SMILES string of the molecule is C.C.[2H]CC.[2H]CS(=O)(=O)Cl.[2H]CS(=O)(=O)O.[V]. The van der Waals surface area contributed by atoms with Crippen LogP contribution < -0.4 is 0 Å². The van der Waals surface area contributed by atoms with Crippen LogP contribution in [0.2, 0.25) is 0 Å². The van der Waals surface area contributed by atoms with Gasteiger partial charge >= 0.3 is 0 Å². The van der Waals surface area contributed by atoms with Crippen molar-refractivity contribution in [3.8, 4) is 0 Å². The summed E-state index contributed by atoms with van der Waals surface area (Å²) >= 11 is 0. The van der Waals surface area contributed by atoms with Gasteiger partial charge in [0.2, 0.25) is 9.05 Å². The Hall–Kier alpha value is 0.734. The second-order valence-corrected chi connectivity index (χ2v) is 4.77. The molecule has 99 valence electrons. The van der Waals surface area contributed by atoms with E-state index in [0.717, 1.165) is 0 Å². The third-order valence-corrected chi connectivity index (χ3v) is 0. The van der Waals surface area contributed by atoms with E-state index in [9.17, 15) is 16.8 Å². The summed E-state index contributed by atoms with van der Waals surface area (Å²) in [6, 6.07) is 0. The van der Waals surface area contributed by atoms with Crippen LogP contribution in [0.3, 0.4) is 0 Å². The molecule has 0 atom stereocenters. The number of rotatable bonds is 0. The molecule has 0 aromatic rings. The minimum absolute atomic E-state index is 0. The zero-order chi connectivity index (χ0) is 13.1. The molecule has 0 fully saturated rings. The molecule has 5 nitrogen and oxygen atoms in total. The van der Waals surface area contributed by atoms with Crippen LogP contribution in [-0.2, 0) is 37.7 Å². The zero-order valence-corrected chi connectivity index (χ0v) is 10.6. The molecule has 0 rings (SSSR count). The van der Waals surface area contributed by atoms with Crippen LogP contribution in [0.5, 0.6) is 0 Å². The molecule has 0 heterocycles. The summed E-state index contributed by atoms with van der Waals surface area (Å²) in [5, 5.41) is 0. The predicted molar refractivity (Wildman–Crippen MR) is 63.0 cm³/mol. The Labute approximate surface area is 115 Å². The first-order chi connectivity index (χ1) is 6.54. The first kappa shape index (κ1) is 21.1. The molecule has 1 N–H and O–H groups in total. The summed E-state index contributed by atoms with van der Waals surface area (Å²) in [5.41, 5.74) is 0. The van der Waals surface area contributed by atoms with Crippen molar-refractivity contribution in [3.63, 3.8) is 0 Å². The van der Waals surface area contributed by atoms with Crippen molar-refractivity contribution in [2.75, 3.05) is 12.5 Å². The molecule has 0 amide bonds. The summed E-state index contributed by atoms with van der Waals surface area (Å²) < 4.78 is 63.9. The number of hydrogen-bond donors (Lipinski definition) is 1. The van der Waals surface area contributed by atoms with Crippen molar-refractivity contribution in [1.82, 2.24) is 0 Å². The van der Waals surface area contributed by atoms with Crippen LogP contribution in [0.25, 0.3) is 0 Å². The summed E-state index contributed by atoms with van der Waals surface area (Å²) in [4.78, 5) is 0. The minimum Gasteiger partial charge on any atom is -0.286 e. The molecular formula is C6H21ClO5S2V. The van der Waals surface area contributed by atoms with Crippen molar-refractivity contribution in [3.05, 3.63) is 0 Å². The third-order valence-electron chi connectivity index (χ3n) is 0. The van der Waals surface area contributed by atoms with Crippen LogP contribution in [0, 0.1) is 0 Å². The van der Waals surface area contributed by atoms with Gasteiger partial charge in [0.1, 0.15) is 0 Å². The monoisotopic (exact) mass is 326 g/mol. The van der Waals surface area contributed by atoms with Gasteiger partial charge in [0.25, 0.3) is 10.1 Å². The quantitative estimate of drug-likeness (QED) is 0.543. The fourth-order valence-electron chi connectivity index (χ4n) is 0. The van der Waals surface area contributed by atoms with E-state index in [1.807, 2.05) is 0 Å². The first-order valence-corrected chi connectivity index (χ1v) is 6.38. The predicted octanol–water partition coefficient (Wildman–Crippen LogP) is 1.98. The maximum atomic E-state index is 9.58. The van der Waals surface area contributed by atoms with Gasteiger partial charge < -0.3 is 0 Å². The molecule has 0 aromatic heterocycles. The molecule has 15 heavy (non-hydrogen) atoms. The van der Waals surface area contributed by atoms with Crippen LogP contribution in [0.4, 0.5) is 0 Å². The molecule has 0 unspecified atom stereocenters. The third kappa shape index (κ3) is 4430. The Morgan fingerprint density at radius 1 is 1.13 bits per heavy atom. The van der Waals surface area contributed by atoms with E-state index >= 15 is 0 Å². The fraction of sp³-hybridized carbons (Fsp3) is 1.00. The van der Waals surface area contributed by atoms with E-state index in [1.54, 1.807) is 6.92 Å². The maximum Gasteiger partial charge on any atom is 0.261 e. The molecule has 0 aliphatic heterocycles. The second kappa shape index (κ2) is 17.1. The summed E-state index contributed by atoms with van der Waals surface area (Å²) in [6.45, 7) is 2.29. The summed E-state index contributed by atoms with van der Waals surface area (Å²) in [7, 11) is -3.02. The summed E-state index contributed by atoms with van der Waals surface area (Å²) in [6.07, 6.45) is -1.69. The van der Waals surface area contributed by atoms with Crippen molar-refractivity contribution in [2.24, 2.45) is 0 Å². The van der Waals surface area contributed by atoms with Crippen LogP contribution in [-0.4, -0.2) is 33.9 Å². The average Bonchev–Trinajstić information content (AvgIpc) is 2.04. The molecule has 0 spiro atoms. The second-order valence-electron chi connectivity index (χ2n) is 1.12. The normalized spacial score (nSPS) is 10.7. The smallest absolute Gasteiger partial charge is 0.261 e. The Morgan fingerprint density at radius 2 is 1.27 bits per heavy atom.